The van der Waals surface area contributed by atoms with Crippen LogP contribution in [-0.2, 0) is 19.6 Å². The zero-order chi connectivity index (χ0) is 16.5. The molecular formula is C14H24N2O5S. The molecule has 1 saturated carbocycles. The Bertz CT molecular complexity index is 535. The van der Waals surface area contributed by atoms with Gasteiger partial charge in [0.1, 0.15) is 6.04 Å². The van der Waals surface area contributed by atoms with Crippen LogP contribution in [0.1, 0.15) is 39.5 Å². The third-order valence-corrected chi connectivity index (χ3v) is 6.41. The number of sulfonamides is 1. The van der Waals surface area contributed by atoms with E-state index in [1.165, 1.54) is 16.1 Å². The molecule has 2 aliphatic rings. The van der Waals surface area contributed by atoms with E-state index in [9.17, 15) is 23.1 Å². The van der Waals surface area contributed by atoms with Gasteiger partial charge in [0.2, 0.25) is 15.9 Å². The minimum atomic E-state index is -3.21. The fourth-order valence-corrected chi connectivity index (χ4v) is 4.07. The number of carboxylic acids is 1. The topological polar surface area (TPSA) is 95.0 Å². The summed E-state index contributed by atoms with van der Waals surface area (Å²) in [4.78, 5) is 25.3. The van der Waals surface area contributed by atoms with Crippen molar-refractivity contribution >= 4 is 21.9 Å². The van der Waals surface area contributed by atoms with Gasteiger partial charge in [0.05, 0.1) is 5.75 Å². The fourth-order valence-electron chi connectivity index (χ4n) is 2.93. The first kappa shape index (κ1) is 17.2. The Kier molecular flexibility index (Phi) is 5.11. The Hall–Kier alpha value is -1.15. The van der Waals surface area contributed by atoms with E-state index < -0.39 is 22.0 Å². The van der Waals surface area contributed by atoms with Gasteiger partial charge in [-0.25, -0.2) is 17.5 Å². The molecule has 8 heteroatoms. The fraction of sp³-hybridized carbons (Fsp3) is 0.857. The van der Waals surface area contributed by atoms with Crippen LogP contribution in [0, 0.1) is 5.92 Å². The van der Waals surface area contributed by atoms with Crippen molar-refractivity contribution in [1.82, 2.24) is 9.21 Å². The summed E-state index contributed by atoms with van der Waals surface area (Å²) in [6, 6.07) is -0.784. The standard InChI is InChI=1S/C14H24N2O5S/c1-3-22(20,21)15-8-6-11(7-9-15)13(17)16(12-4-5-12)10(2)14(18)19/h10-12H,3-9H2,1-2H3,(H,18,19). The lowest BCUT2D eigenvalue weighted by Gasteiger charge is -2.35. The molecule has 0 bridgehead atoms. The Morgan fingerprint density at radius 3 is 2.18 bits per heavy atom. The molecule has 1 aliphatic heterocycles. The molecule has 0 radical (unpaired) electrons. The highest BCUT2D eigenvalue weighted by atomic mass is 32.2. The third kappa shape index (κ3) is 3.60. The molecule has 1 unspecified atom stereocenters. The zero-order valence-corrected chi connectivity index (χ0v) is 13.9. The number of nitrogens with zero attached hydrogens (tertiary/aromatic N) is 2. The third-order valence-electron chi connectivity index (χ3n) is 4.53. The Morgan fingerprint density at radius 1 is 1.23 bits per heavy atom. The van der Waals surface area contributed by atoms with Crippen LogP contribution in [0.4, 0.5) is 0 Å². The summed E-state index contributed by atoms with van der Waals surface area (Å²) in [5.74, 6) is -1.33. The number of carboxylic acid groups (broad SMARTS) is 1. The van der Waals surface area contributed by atoms with Crippen molar-refractivity contribution in [3.05, 3.63) is 0 Å². The highest BCUT2D eigenvalue weighted by Crippen LogP contribution is 2.32. The quantitative estimate of drug-likeness (QED) is 0.765. The molecule has 0 spiro atoms. The molecule has 1 atom stereocenters. The number of rotatable bonds is 6. The molecule has 22 heavy (non-hydrogen) atoms. The summed E-state index contributed by atoms with van der Waals surface area (Å²) in [7, 11) is -3.21. The summed E-state index contributed by atoms with van der Waals surface area (Å²) in [5, 5.41) is 9.18. The number of hydrogen-bond donors (Lipinski definition) is 1. The van der Waals surface area contributed by atoms with Crippen LogP contribution in [0.5, 0.6) is 0 Å². The number of aliphatic carboxylic acids is 1. The van der Waals surface area contributed by atoms with Crippen molar-refractivity contribution in [3.8, 4) is 0 Å². The summed E-state index contributed by atoms with van der Waals surface area (Å²) >= 11 is 0. The van der Waals surface area contributed by atoms with Crippen molar-refractivity contribution in [2.75, 3.05) is 18.8 Å². The van der Waals surface area contributed by atoms with Crippen molar-refractivity contribution in [2.24, 2.45) is 5.92 Å². The SMILES string of the molecule is CCS(=O)(=O)N1CCC(C(=O)N(C2CC2)C(C)C(=O)O)CC1. The number of hydrogen-bond acceptors (Lipinski definition) is 4. The molecule has 1 saturated heterocycles. The minimum Gasteiger partial charge on any atom is -0.480 e. The van der Waals surface area contributed by atoms with E-state index in [1.54, 1.807) is 6.92 Å². The minimum absolute atomic E-state index is 0.0380. The largest absolute Gasteiger partial charge is 0.480 e. The lowest BCUT2D eigenvalue weighted by atomic mass is 9.95. The molecule has 2 fully saturated rings. The molecule has 0 aromatic heterocycles. The lowest BCUT2D eigenvalue weighted by Crippen LogP contribution is -2.50. The summed E-state index contributed by atoms with van der Waals surface area (Å²) in [5.41, 5.74) is 0. The predicted molar refractivity (Wildman–Crippen MR) is 80.7 cm³/mol. The van der Waals surface area contributed by atoms with Crippen molar-refractivity contribution in [3.63, 3.8) is 0 Å². The number of piperidine rings is 1. The van der Waals surface area contributed by atoms with Gasteiger partial charge in [0, 0.05) is 25.0 Å². The van der Waals surface area contributed by atoms with E-state index in [4.69, 9.17) is 0 Å². The summed E-state index contributed by atoms with van der Waals surface area (Å²) < 4.78 is 25.1. The first-order valence-electron chi connectivity index (χ1n) is 7.80. The number of carbonyl (C=O) groups is 2. The van der Waals surface area contributed by atoms with Gasteiger partial charge in [-0.05, 0) is 39.5 Å². The van der Waals surface area contributed by atoms with E-state index in [-0.39, 0.29) is 23.6 Å². The molecule has 0 aromatic carbocycles. The number of carbonyl (C=O) groups excluding carboxylic acids is 1. The van der Waals surface area contributed by atoms with Crippen LogP contribution < -0.4 is 0 Å². The van der Waals surface area contributed by atoms with Crippen LogP contribution in [-0.4, -0.2) is 65.5 Å². The Labute approximate surface area is 131 Å². The molecule has 0 aromatic rings. The van der Waals surface area contributed by atoms with Crippen molar-refractivity contribution < 1.29 is 23.1 Å². The van der Waals surface area contributed by atoms with Gasteiger partial charge in [-0.15, -0.1) is 0 Å². The van der Waals surface area contributed by atoms with Crippen LogP contribution in [0.2, 0.25) is 0 Å². The second-order valence-electron chi connectivity index (χ2n) is 6.06. The average Bonchev–Trinajstić information content (AvgIpc) is 3.32. The van der Waals surface area contributed by atoms with E-state index in [0.717, 1.165) is 12.8 Å². The van der Waals surface area contributed by atoms with Gasteiger partial charge in [-0.1, -0.05) is 0 Å². The van der Waals surface area contributed by atoms with Crippen LogP contribution >= 0.6 is 0 Å². The first-order valence-corrected chi connectivity index (χ1v) is 9.41. The highest BCUT2D eigenvalue weighted by Gasteiger charge is 2.42. The van der Waals surface area contributed by atoms with Gasteiger partial charge in [0.25, 0.3) is 0 Å². The van der Waals surface area contributed by atoms with Gasteiger partial charge >= 0.3 is 5.97 Å². The van der Waals surface area contributed by atoms with E-state index >= 15 is 0 Å². The van der Waals surface area contributed by atoms with E-state index in [2.05, 4.69) is 0 Å². The summed E-state index contributed by atoms with van der Waals surface area (Å²) in [6.45, 7) is 3.82. The molecule has 1 amide bonds. The first-order chi connectivity index (χ1) is 10.3. The maximum absolute atomic E-state index is 12.6. The van der Waals surface area contributed by atoms with Gasteiger partial charge in [-0.2, -0.15) is 0 Å². The van der Waals surface area contributed by atoms with E-state index in [1.807, 2.05) is 0 Å². The maximum atomic E-state index is 12.6. The molecule has 1 N–H and O–H groups in total. The molecule has 7 nitrogen and oxygen atoms in total. The van der Waals surface area contributed by atoms with Crippen LogP contribution in [0.3, 0.4) is 0 Å². The van der Waals surface area contributed by atoms with Gasteiger partial charge < -0.3 is 10.0 Å². The van der Waals surface area contributed by atoms with Gasteiger partial charge in [-0.3, -0.25) is 4.79 Å². The Balaban J connectivity index is 2.00. The number of amides is 1. The molecule has 1 heterocycles. The summed E-state index contributed by atoms with van der Waals surface area (Å²) in [6.07, 6.45) is 2.64. The van der Waals surface area contributed by atoms with Gasteiger partial charge in [0.15, 0.2) is 0 Å². The molecule has 126 valence electrons. The van der Waals surface area contributed by atoms with Crippen LogP contribution in [0.25, 0.3) is 0 Å². The second-order valence-corrected chi connectivity index (χ2v) is 8.32. The molecule has 2 rings (SSSR count). The molecule has 1 aliphatic carbocycles. The van der Waals surface area contributed by atoms with Crippen LogP contribution in [0.15, 0.2) is 0 Å². The van der Waals surface area contributed by atoms with Crippen molar-refractivity contribution in [1.29, 1.82) is 0 Å². The van der Waals surface area contributed by atoms with Crippen molar-refractivity contribution in [2.45, 2.75) is 51.6 Å². The highest BCUT2D eigenvalue weighted by molar-refractivity contribution is 7.89. The monoisotopic (exact) mass is 332 g/mol. The molecular weight excluding hydrogens is 308 g/mol. The Morgan fingerprint density at radius 2 is 1.77 bits per heavy atom. The maximum Gasteiger partial charge on any atom is 0.326 e. The predicted octanol–water partition coefficient (Wildman–Crippen LogP) is 0.512. The lowest BCUT2D eigenvalue weighted by molar-refractivity contribution is -0.152. The smallest absolute Gasteiger partial charge is 0.326 e. The zero-order valence-electron chi connectivity index (χ0n) is 13.1. The normalized spacial score (nSPS) is 22.3. The average molecular weight is 332 g/mol. The second kappa shape index (κ2) is 6.54. The van der Waals surface area contributed by atoms with E-state index in [0.29, 0.717) is 25.9 Å².